The Hall–Kier alpha value is -2.29. The number of hydrogen-bond acceptors (Lipinski definition) is 7. The molecule has 0 bridgehead atoms. The Morgan fingerprint density at radius 1 is 1.21 bits per heavy atom. The van der Waals surface area contributed by atoms with E-state index in [1.165, 1.54) is 22.6 Å². The van der Waals surface area contributed by atoms with Crippen LogP contribution in [0.15, 0.2) is 23.7 Å². The molecular weight excluding hydrogens is 384 g/mol. The molecule has 2 aliphatic rings. The molecule has 8 heteroatoms. The minimum atomic E-state index is 0.782. The molecule has 5 heterocycles. The fourth-order valence-corrected chi connectivity index (χ4v) is 4.97. The lowest BCUT2D eigenvalue weighted by Crippen LogP contribution is -2.38. The highest BCUT2D eigenvalue weighted by Crippen LogP contribution is 2.29. The summed E-state index contributed by atoms with van der Waals surface area (Å²) in [5, 5.41) is 6.79. The lowest BCUT2D eigenvalue weighted by atomic mass is 10.1. The van der Waals surface area contributed by atoms with E-state index >= 15 is 0 Å². The van der Waals surface area contributed by atoms with Crippen molar-refractivity contribution in [3.05, 3.63) is 46.2 Å². The zero-order valence-corrected chi connectivity index (χ0v) is 17.8. The molecule has 152 valence electrons. The summed E-state index contributed by atoms with van der Waals surface area (Å²) < 4.78 is 7.57. The van der Waals surface area contributed by atoms with Gasteiger partial charge in [-0.15, -0.1) is 11.3 Å². The van der Waals surface area contributed by atoms with Crippen LogP contribution in [0.3, 0.4) is 0 Å². The van der Waals surface area contributed by atoms with Crippen LogP contribution >= 0.6 is 11.3 Å². The van der Waals surface area contributed by atoms with Crippen LogP contribution < -0.4 is 4.90 Å². The molecule has 1 fully saturated rings. The number of thiophene rings is 1. The first-order chi connectivity index (χ1) is 14.2. The van der Waals surface area contributed by atoms with Gasteiger partial charge >= 0.3 is 0 Å². The molecule has 3 aromatic rings. The Morgan fingerprint density at radius 2 is 2.07 bits per heavy atom. The van der Waals surface area contributed by atoms with Crippen LogP contribution in [-0.4, -0.2) is 57.5 Å². The van der Waals surface area contributed by atoms with Gasteiger partial charge in [-0.3, -0.25) is 9.58 Å². The third kappa shape index (κ3) is 3.68. The molecule has 2 aliphatic heterocycles. The van der Waals surface area contributed by atoms with E-state index in [0.29, 0.717) is 0 Å². The second-order valence-electron chi connectivity index (χ2n) is 7.71. The van der Waals surface area contributed by atoms with E-state index in [2.05, 4.69) is 33.2 Å². The molecule has 29 heavy (non-hydrogen) atoms. The van der Waals surface area contributed by atoms with E-state index in [0.717, 1.165) is 68.8 Å². The van der Waals surface area contributed by atoms with Crippen molar-refractivity contribution in [1.82, 2.24) is 24.6 Å². The van der Waals surface area contributed by atoms with Gasteiger partial charge in [0.25, 0.3) is 0 Å². The van der Waals surface area contributed by atoms with Crippen molar-refractivity contribution in [2.45, 2.75) is 26.4 Å². The van der Waals surface area contributed by atoms with Crippen LogP contribution in [0.25, 0.3) is 10.7 Å². The predicted molar refractivity (Wildman–Crippen MR) is 114 cm³/mol. The molecule has 7 nitrogen and oxygen atoms in total. The van der Waals surface area contributed by atoms with E-state index in [-0.39, 0.29) is 0 Å². The highest BCUT2D eigenvalue weighted by molar-refractivity contribution is 7.13. The first-order valence-corrected chi connectivity index (χ1v) is 11.0. The van der Waals surface area contributed by atoms with Gasteiger partial charge in [0.2, 0.25) is 0 Å². The summed E-state index contributed by atoms with van der Waals surface area (Å²) in [7, 11) is 2.05. The summed E-state index contributed by atoms with van der Waals surface area (Å²) in [5.74, 6) is 2.09. The molecule has 0 spiro atoms. The van der Waals surface area contributed by atoms with Crippen LogP contribution in [0, 0.1) is 6.92 Å². The smallest absolute Gasteiger partial charge is 0.169 e. The average Bonchev–Trinajstić information content (AvgIpc) is 3.37. The van der Waals surface area contributed by atoms with E-state index in [1.54, 1.807) is 11.3 Å². The molecule has 0 aliphatic carbocycles. The molecule has 0 N–H and O–H groups in total. The van der Waals surface area contributed by atoms with Crippen LogP contribution in [0.1, 0.15) is 22.5 Å². The highest BCUT2D eigenvalue weighted by Gasteiger charge is 2.25. The van der Waals surface area contributed by atoms with Gasteiger partial charge in [0.15, 0.2) is 5.82 Å². The summed E-state index contributed by atoms with van der Waals surface area (Å²) in [6.45, 7) is 8.32. The third-order valence-electron chi connectivity index (χ3n) is 5.76. The van der Waals surface area contributed by atoms with E-state index in [4.69, 9.17) is 14.8 Å². The van der Waals surface area contributed by atoms with E-state index < -0.39 is 0 Å². The fourth-order valence-electron chi connectivity index (χ4n) is 4.30. The number of hydrogen-bond donors (Lipinski definition) is 0. The van der Waals surface area contributed by atoms with E-state index in [1.807, 2.05) is 24.0 Å². The molecule has 0 atom stereocenters. The maximum atomic E-state index is 5.54. The van der Waals surface area contributed by atoms with Crippen molar-refractivity contribution < 1.29 is 4.74 Å². The number of morpholine rings is 1. The number of rotatable bonds is 4. The van der Waals surface area contributed by atoms with Crippen molar-refractivity contribution in [3.63, 3.8) is 0 Å². The molecule has 0 radical (unpaired) electrons. The molecular formula is C21H26N6OS. The zero-order valence-electron chi connectivity index (χ0n) is 17.0. The number of aryl methyl sites for hydroxylation is 2. The summed E-state index contributed by atoms with van der Waals surface area (Å²) in [6.07, 6.45) is 2.98. The molecule has 5 rings (SSSR count). The Bertz CT molecular complexity index is 993. The maximum absolute atomic E-state index is 5.54. The number of fused-ring (bicyclic) bond motifs is 1. The second kappa shape index (κ2) is 7.85. The topological polar surface area (TPSA) is 59.3 Å². The van der Waals surface area contributed by atoms with Gasteiger partial charge in [-0.2, -0.15) is 5.10 Å². The third-order valence-corrected chi connectivity index (χ3v) is 6.63. The lowest BCUT2D eigenvalue weighted by Gasteiger charge is -2.32. The summed E-state index contributed by atoms with van der Waals surface area (Å²) in [6, 6.07) is 4.13. The standard InChI is InChI=1S/C21H26N6OS/c1-15-17(21(25(2)24-15)27-7-9-28-10-8-27)14-26-6-5-18-16(13-26)12-22-20(23-18)19-4-3-11-29-19/h3-4,11-12H,5-10,13-14H2,1-2H3. The number of aromatic nitrogens is 4. The number of nitrogens with zero attached hydrogens (tertiary/aromatic N) is 6. The van der Waals surface area contributed by atoms with Crippen LogP contribution in [0.2, 0.25) is 0 Å². The first-order valence-electron chi connectivity index (χ1n) is 10.2. The Labute approximate surface area is 175 Å². The monoisotopic (exact) mass is 410 g/mol. The van der Waals surface area contributed by atoms with Gasteiger partial charge < -0.3 is 9.64 Å². The van der Waals surface area contributed by atoms with Gasteiger partial charge in [0.05, 0.1) is 29.5 Å². The summed E-state index contributed by atoms with van der Waals surface area (Å²) >= 11 is 1.69. The second-order valence-corrected chi connectivity index (χ2v) is 8.66. The van der Waals surface area contributed by atoms with Crippen molar-refractivity contribution in [2.75, 3.05) is 37.7 Å². The summed E-state index contributed by atoms with van der Waals surface area (Å²) in [4.78, 5) is 15.5. The highest BCUT2D eigenvalue weighted by atomic mass is 32.1. The summed E-state index contributed by atoms with van der Waals surface area (Å²) in [5.41, 5.74) is 4.88. The van der Waals surface area contributed by atoms with Gasteiger partial charge in [-0.05, 0) is 18.4 Å². The van der Waals surface area contributed by atoms with Crippen molar-refractivity contribution in [2.24, 2.45) is 7.05 Å². The average molecular weight is 411 g/mol. The van der Waals surface area contributed by atoms with E-state index in [9.17, 15) is 0 Å². The van der Waals surface area contributed by atoms with Gasteiger partial charge in [-0.25, -0.2) is 9.97 Å². The fraction of sp³-hybridized carbons (Fsp3) is 0.476. The van der Waals surface area contributed by atoms with Gasteiger partial charge in [0, 0.05) is 63.5 Å². The first kappa shape index (κ1) is 18.7. The van der Waals surface area contributed by atoms with Crippen molar-refractivity contribution in [3.8, 4) is 10.7 Å². The number of ether oxygens (including phenoxy) is 1. The molecule has 0 amide bonds. The van der Waals surface area contributed by atoms with Crippen LogP contribution in [0.5, 0.6) is 0 Å². The maximum Gasteiger partial charge on any atom is 0.169 e. The lowest BCUT2D eigenvalue weighted by molar-refractivity contribution is 0.122. The minimum Gasteiger partial charge on any atom is -0.378 e. The normalized spacial score (nSPS) is 17.5. The van der Waals surface area contributed by atoms with Crippen molar-refractivity contribution >= 4 is 17.2 Å². The minimum absolute atomic E-state index is 0.782. The zero-order chi connectivity index (χ0) is 19.8. The van der Waals surface area contributed by atoms with Gasteiger partial charge in [0.1, 0.15) is 5.82 Å². The predicted octanol–water partition coefficient (Wildman–Crippen LogP) is 2.64. The Kier molecular flexibility index (Phi) is 5.07. The SMILES string of the molecule is Cc1nn(C)c(N2CCOCC2)c1CN1CCc2nc(-c3cccs3)ncc2C1. The Balaban J connectivity index is 1.35. The van der Waals surface area contributed by atoms with Crippen LogP contribution in [0.4, 0.5) is 5.82 Å². The van der Waals surface area contributed by atoms with Crippen LogP contribution in [-0.2, 0) is 31.3 Å². The van der Waals surface area contributed by atoms with Gasteiger partial charge in [-0.1, -0.05) is 6.07 Å². The number of anilines is 1. The molecule has 3 aromatic heterocycles. The molecule has 0 saturated carbocycles. The largest absolute Gasteiger partial charge is 0.378 e. The Morgan fingerprint density at radius 3 is 2.86 bits per heavy atom. The quantitative estimate of drug-likeness (QED) is 0.659. The van der Waals surface area contributed by atoms with Crippen molar-refractivity contribution in [1.29, 1.82) is 0 Å². The molecule has 0 unspecified atom stereocenters. The molecule has 0 aromatic carbocycles. The molecule has 1 saturated heterocycles.